The van der Waals surface area contributed by atoms with Crippen molar-refractivity contribution in [2.75, 3.05) is 23.8 Å². The van der Waals surface area contributed by atoms with Crippen molar-refractivity contribution in [2.24, 2.45) is 0 Å². The summed E-state index contributed by atoms with van der Waals surface area (Å²) in [6.07, 6.45) is 7.84. The van der Waals surface area contributed by atoms with E-state index in [1.807, 2.05) is 18.2 Å². The number of nitrogens with zero attached hydrogens (tertiary/aromatic N) is 2. The van der Waals surface area contributed by atoms with E-state index in [1.165, 1.54) is 0 Å². The molecule has 33 heavy (non-hydrogen) atoms. The summed E-state index contributed by atoms with van der Waals surface area (Å²) in [6, 6.07) is 5.91. The van der Waals surface area contributed by atoms with Gasteiger partial charge in [0, 0.05) is 31.0 Å². The molecule has 2 aromatic rings. The van der Waals surface area contributed by atoms with Gasteiger partial charge in [-0.25, -0.2) is 9.97 Å². The van der Waals surface area contributed by atoms with Crippen molar-refractivity contribution in [2.45, 2.75) is 83.5 Å². The molecule has 0 spiro atoms. The van der Waals surface area contributed by atoms with Gasteiger partial charge in [0.2, 0.25) is 0 Å². The summed E-state index contributed by atoms with van der Waals surface area (Å²) in [5, 5.41) is 17.6. The predicted molar refractivity (Wildman–Crippen MR) is 137 cm³/mol. The third kappa shape index (κ3) is 7.99. The molecule has 6 nitrogen and oxygen atoms in total. The van der Waals surface area contributed by atoms with Crippen LogP contribution in [-0.4, -0.2) is 46.0 Å². The fourth-order valence-electron chi connectivity index (χ4n) is 4.04. The lowest BCUT2D eigenvalue weighted by Crippen LogP contribution is -2.28. The van der Waals surface area contributed by atoms with Gasteiger partial charge in [-0.2, -0.15) is 0 Å². The number of rotatable bonds is 11. The maximum absolute atomic E-state index is 9.73. The molecule has 0 aromatic carbocycles. The highest BCUT2D eigenvalue weighted by Crippen LogP contribution is 2.34. The molecule has 182 valence electrons. The lowest BCUT2D eigenvalue weighted by Gasteiger charge is -2.26. The van der Waals surface area contributed by atoms with Crippen LogP contribution in [0.2, 0.25) is 10.0 Å². The molecule has 0 saturated heterocycles. The second kappa shape index (κ2) is 12.2. The van der Waals surface area contributed by atoms with Gasteiger partial charge < -0.3 is 20.5 Å². The summed E-state index contributed by atoms with van der Waals surface area (Å²) in [4.78, 5) is 9.17. The Morgan fingerprint density at radius 3 is 2.61 bits per heavy atom. The number of aliphatic hydroxyl groups excluding tert-OH is 1. The molecule has 3 N–H and O–H groups in total. The third-order valence-electron chi connectivity index (χ3n) is 5.96. The zero-order valence-corrected chi connectivity index (χ0v) is 21.3. The first-order valence-corrected chi connectivity index (χ1v) is 12.7. The first-order chi connectivity index (χ1) is 15.8. The van der Waals surface area contributed by atoms with E-state index in [4.69, 9.17) is 32.9 Å². The summed E-state index contributed by atoms with van der Waals surface area (Å²) in [5.41, 5.74) is 1.25. The van der Waals surface area contributed by atoms with Gasteiger partial charge >= 0.3 is 0 Å². The Morgan fingerprint density at radius 2 is 1.88 bits per heavy atom. The van der Waals surface area contributed by atoms with Crippen LogP contribution in [0.3, 0.4) is 0 Å². The fraction of sp³-hybridized carbons (Fsp3) is 0.600. The van der Waals surface area contributed by atoms with Crippen molar-refractivity contribution < 1.29 is 9.84 Å². The number of ether oxygens (including phenoxy) is 1. The van der Waals surface area contributed by atoms with Gasteiger partial charge in [0.15, 0.2) is 0 Å². The smallest absolute Gasteiger partial charge is 0.126 e. The molecule has 0 amide bonds. The molecular weight excluding hydrogens is 459 g/mol. The molecule has 0 atom stereocenters. The average molecular weight is 495 g/mol. The monoisotopic (exact) mass is 494 g/mol. The predicted octanol–water partition coefficient (Wildman–Crippen LogP) is 6.56. The molecule has 3 rings (SSSR count). The van der Waals surface area contributed by atoms with E-state index < -0.39 is 0 Å². The molecule has 2 heterocycles. The third-order valence-corrected chi connectivity index (χ3v) is 6.57. The molecule has 0 radical (unpaired) electrons. The van der Waals surface area contributed by atoms with Gasteiger partial charge in [0.05, 0.1) is 27.4 Å². The van der Waals surface area contributed by atoms with Crippen LogP contribution in [0.1, 0.15) is 65.7 Å². The van der Waals surface area contributed by atoms with Crippen LogP contribution in [0.4, 0.5) is 11.6 Å². The van der Waals surface area contributed by atoms with Crippen molar-refractivity contribution in [3.05, 3.63) is 34.4 Å². The van der Waals surface area contributed by atoms with Crippen molar-refractivity contribution in [1.29, 1.82) is 0 Å². The Morgan fingerprint density at radius 1 is 1.12 bits per heavy atom. The van der Waals surface area contributed by atoms with E-state index in [0.29, 0.717) is 15.7 Å². The topological polar surface area (TPSA) is 79.3 Å². The minimum atomic E-state index is -0.190. The standard InChI is InChI=1S/C25H36Cl2N4O2/c1-4-14-33-25(2,3)12-5-13-28-22-11-10-20(26)24(31-22)19-15-23(29-16-21(19)27)30-17-6-8-18(32)9-7-17/h10-11,15-18,32H,4-9,12-14H2,1-3H3,(H,28,31)(H,29,30)/t17-,18-. The Labute approximate surface area is 207 Å². The van der Waals surface area contributed by atoms with Crippen LogP contribution in [0.5, 0.6) is 0 Å². The van der Waals surface area contributed by atoms with E-state index in [2.05, 4.69) is 36.4 Å². The van der Waals surface area contributed by atoms with Gasteiger partial charge in [0.1, 0.15) is 11.6 Å². The van der Waals surface area contributed by atoms with E-state index in [-0.39, 0.29) is 17.7 Å². The van der Waals surface area contributed by atoms with Gasteiger partial charge in [-0.15, -0.1) is 0 Å². The zero-order valence-electron chi connectivity index (χ0n) is 19.8. The molecule has 8 heteroatoms. The molecule has 0 bridgehead atoms. The summed E-state index contributed by atoms with van der Waals surface area (Å²) < 4.78 is 5.91. The van der Waals surface area contributed by atoms with Crippen LogP contribution in [0.15, 0.2) is 24.4 Å². The molecule has 2 aromatic heterocycles. The Hall–Kier alpha value is -1.60. The molecule has 1 fully saturated rings. The second-order valence-corrected chi connectivity index (χ2v) is 10.2. The Bertz CT molecular complexity index is 902. The quantitative estimate of drug-likeness (QED) is 0.306. The van der Waals surface area contributed by atoms with E-state index in [1.54, 1.807) is 6.20 Å². The lowest BCUT2D eigenvalue weighted by atomic mass is 9.93. The second-order valence-electron chi connectivity index (χ2n) is 9.36. The van der Waals surface area contributed by atoms with Gasteiger partial charge in [-0.05, 0) is 77.0 Å². The van der Waals surface area contributed by atoms with Crippen molar-refractivity contribution in [1.82, 2.24) is 9.97 Å². The number of nitrogens with one attached hydrogen (secondary N) is 2. The molecule has 1 saturated carbocycles. The SMILES string of the molecule is CCCOC(C)(C)CCCNc1ccc(Cl)c(-c2cc(N[C@H]3CC[C@H](O)CC3)ncc2Cl)n1. The molecule has 1 aliphatic rings. The highest BCUT2D eigenvalue weighted by atomic mass is 35.5. The molecular formula is C25H36Cl2N4O2. The largest absolute Gasteiger partial charge is 0.393 e. The molecule has 1 aliphatic carbocycles. The summed E-state index contributed by atoms with van der Waals surface area (Å²) >= 11 is 13.0. The lowest BCUT2D eigenvalue weighted by molar-refractivity contribution is -0.0236. The van der Waals surface area contributed by atoms with Crippen molar-refractivity contribution in [3.63, 3.8) is 0 Å². The normalized spacial score (nSPS) is 18.8. The number of hydrogen-bond acceptors (Lipinski definition) is 6. The summed E-state index contributed by atoms with van der Waals surface area (Å²) in [6.45, 7) is 7.96. The van der Waals surface area contributed by atoms with Crippen molar-refractivity contribution in [3.8, 4) is 11.3 Å². The minimum Gasteiger partial charge on any atom is -0.393 e. The Balaban J connectivity index is 1.65. The average Bonchev–Trinajstić information content (AvgIpc) is 2.79. The number of halogens is 2. The maximum atomic E-state index is 9.73. The van der Waals surface area contributed by atoms with E-state index in [9.17, 15) is 5.11 Å². The highest BCUT2D eigenvalue weighted by molar-refractivity contribution is 6.36. The van der Waals surface area contributed by atoms with Gasteiger partial charge in [-0.1, -0.05) is 30.1 Å². The van der Waals surface area contributed by atoms with Crippen LogP contribution in [0.25, 0.3) is 11.3 Å². The fourth-order valence-corrected chi connectivity index (χ4v) is 4.44. The highest BCUT2D eigenvalue weighted by Gasteiger charge is 2.21. The van der Waals surface area contributed by atoms with Crippen LogP contribution >= 0.6 is 23.2 Å². The number of hydrogen-bond donors (Lipinski definition) is 3. The number of pyridine rings is 2. The summed E-state index contributed by atoms with van der Waals surface area (Å²) in [5.74, 6) is 1.49. The van der Waals surface area contributed by atoms with Crippen LogP contribution in [-0.2, 0) is 4.74 Å². The maximum Gasteiger partial charge on any atom is 0.126 e. The molecule has 0 aliphatic heterocycles. The number of aromatic nitrogens is 2. The van der Waals surface area contributed by atoms with Crippen molar-refractivity contribution >= 4 is 34.8 Å². The summed E-state index contributed by atoms with van der Waals surface area (Å²) in [7, 11) is 0. The van der Waals surface area contributed by atoms with Gasteiger partial charge in [0.25, 0.3) is 0 Å². The van der Waals surface area contributed by atoms with E-state index in [0.717, 1.165) is 75.3 Å². The Kier molecular flexibility index (Phi) is 9.62. The zero-order chi connectivity index (χ0) is 23.8. The molecule has 0 unspecified atom stereocenters. The first-order valence-electron chi connectivity index (χ1n) is 11.9. The number of aliphatic hydroxyl groups is 1. The van der Waals surface area contributed by atoms with E-state index >= 15 is 0 Å². The van der Waals surface area contributed by atoms with Crippen LogP contribution < -0.4 is 10.6 Å². The first kappa shape index (κ1) is 26.0. The van der Waals surface area contributed by atoms with Gasteiger partial charge in [-0.3, -0.25) is 0 Å². The van der Waals surface area contributed by atoms with Crippen LogP contribution in [0, 0.1) is 0 Å². The number of anilines is 2. The minimum absolute atomic E-state index is 0.124.